The molecule has 4 N–H and O–H groups in total. The first-order valence-electron chi connectivity index (χ1n) is 26.0. The minimum absolute atomic E-state index is 0.00311. The lowest BCUT2D eigenvalue weighted by Crippen LogP contribution is -2.34. The summed E-state index contributed by atoms with van der Waals surface area (Å²) in [5.74, 6) is -1.79. The largest absolute Gasteiger partial charge is 0.480 e. The second-order valence-electron chi connectivity index (χ2n) is 17.3. The first-order valence-corrected chi connectivity index (χ1v) is 27.5. The molecule has 3 unspecified atom stereocenters. The molecule has 0 amide bonds. The van der Waals surface area contributed by atoms with Crippen molar-refractivity contribution < 1.29 is 42.7 Å². The van der Waals surface area contributed by atoms with E-state index in [0.717, 1.165) is 83.5 Å². The third-order valence-corrected chi connectivity index (χ3v) is 11.9. The summed E-state index contributed by atoms with van der Waals surface area (Å²) in [5, 5.41) is 8.93. The smallest absolute Gasteiger partial charge is 0.472 e. The maximum Gasteiger partial charge on any atom is 0.472 e. The number of carboxylic acids is 1. The Kier molecular flexibility index (Phi) is 47.4. The highest BCUT2D eigenvalue weighted by Gasteiger charge is 2.27. The van der Waals surface area contributed by atoms with Crippen molar-refractivity contribution in [2.75, 3.05) is 26.4 Å². The topological polar surface area (TPSA) is 155 Å². The van der Waals surface area contributed by atoms with E-state index in [9.17, 15) is 19.0 Å². The van der Waals surface area contributed by atoms with Gasteiger partial charge in [0.25, 0.3) is 0 Å². The van der Waals surface area contributed by atoms with Crippen LogP contribution in [0.5, 0.6) is 0 Å². The third kappa shape index (κ3) is 49.1. The highest BCUT2D eigenvalue weighted by molar-refractivity contribution is 7.47. The summed E-state index contributed by atoms with van der Waals surface area (Å²) >= 11 is 0. The third-order valence-electron chi connectivity index (χ3n) is 11.0. The first kappa shape index (κ1) is 62.4. The van der Waals surface area contributed by atoms with Crippen LogP contribution in [0.15, 0.2) is 72.9 Å². The van der Waals surface area contributed by atoms with Crippen molar-refractivity contribution in [1.82, 2.24) is 0 Å². The molecular formula is C54H96NO9P. The number of nitrogens with two attached hydrogens (primary N) is 1. The van der Waals surface area contributed by atoms with Crippen LogP contribution in [0.4, 0.5) is 0 Å². The summed E-state index contributed by atoms with van der Waals surface area (Å²) in [6, 6.07) is -1.48. The van der Waals surface area contributed by atoms with Crippen LogP contribution in [0.2, 0.25) is 0 Å². The van der Waals surface area contributed by atoms with E-state index in [1.54, 1.807) is 0 Å². The fourth-order valence-electron chi connectivity index (χ4n) is 6.98. The molecule has 0 rings (SSSR count). The monoisotopic (exact) mass is 934 g/mol. The van der Waals surface area contributed by atoms with Gasteiger partial charge in [0.1, 0.15) is 12.1 Å². The average Bonchev–Trinajstić information content (AvgIpc) is 3.29. The molecule has 3 atom stereocenters. The van der Waals surface area contributed by atoms with E-state index in [-0.39, 0.29) is 13.0 Å². The van der Waals surface area contributed by atoms with E-state index in [4.69, 9.17) is 29.4 Å². The number of carbonyl (C=O) groups is 2. The van der Waals surface area contributed by atoms with Crippen LogP contribution in [0.25, 0.3) is 0 Å². The Morgan fingerprint density at radius 1 is 0.508 bits per heavy atom. The van der Waals surface area contributed by atoms with Gasteiger partial charge < -0.3 is 25.2 Å². The van der Waals surface area contributed by atoms with Crippen molar-refractivity contribution in [3.05, 3.63) is 72.9 Å². The van der Waals surface area contributed by atoms with E-state index in [1.165, 1.54) is 109 Å². The van der Waals surface area contributed by atoms with Crippen molar-refractivity contribution in [2.45, 2.75) is 231 Å². The van der Waals surface area contributed by atoms with E-state index >= 15 is 0 Å². The fourth-order valence-corrected chi connectivity index (χ4v) is 7.76. The SMILES string of the molecule is CC/C=C\C/C=C\C/C=C\C/C=C\C/C=C\CCCCCCOCC(COP(=O)(O)OCC(N)C(=O)O)OC(=O)CCCCCCCCCCCCC/C=C\CCCCCCCCCC. The molecule has 0 saturated heterocycles. The van der Waals surface area contributed by atoms with E-state index in [1.807, 2.05) is 0 Å². The fraction of sp³-hybridized carbons (Fsp3) is 0.741. The number of rotatable bonds is 49. The molecular weight excluding hydrogens is 838 g/mol. The molecule has 0 heterocycles. The van der Waals surface area contributed by atoms with Gasteiger partial charge in [-0.05, 0) is 83.5 Å². The summed E-state index contributed by atoms with van der Waals surface area (Å²) in [5.41, 5.74) is 5.37. The predicted octanol–water partition coefficient (Wildman–Crippen LogP) is 15.3. The maximum absolute atomic E-state index is 12.7. The van der Waals surface area contributed by atoms with Crippen LogP contribution in [0.1, 0.15) is 219 Å². The number of carbonyl (C=O) groups excluding carboxylic acids is 1. The number of unbranched alkanes of at least 4 members (excludes halogenated alkanes) is 23. The molecule has 0 radical (unpaired) electrons. The minimum Gasteiger partial charge on any atom is -0.480 e. The van der Waals surface area contributed by atoms with Crippen LogP contribution < -0.4 is 5.73 Å². The maximum atomic E-state index is 12.7. The quantitative estimate of drug-likeness (QED) is 0.0232. The van der Waals surface area contributed by atoms with Gasteiger partial charge in [-0.15, -0.1) is 0 Å². The summed E-state index contributed by atoms with van der Waals surface area (Å²) in [4.78, 5) is 33.7. The van der Waals surface area contributed by atoms with Gasteiger partial charge in [-0.3, -0.25) is 18.6 Å². The number of hydrogen-bond donors (Lipinski definition) is 3. The normalized spacial score (nSPS) is 14.3. The Labute approximate surface area is 397 Å². The number of ether oxygens (including phenoxy) is 2. The number of aliphatic carboxylic acids is 1. The molecule has 65 heavy (non-hydrogen) atoms. The average molecular weight is 934 g/mol. The lowest BCUT2D eigenvalue weighted by molar-refractivity contribution is -0.154. The van der Waals surface area contributed by atoms with Crippen LogP contribution >= 0.6 is 7.82 Å². The molecule has 0 aromatic carbocycles. The number of hydrogen-bond acceptors (Lipinski definition) is 8. The Balaban J connectivity index is 4.18. The number of phosphoric ester groups is 1. The Bertz CT molecular complexity index is 1310. The minimum atomic E-state index is -4.63. The van der Waals surface area contributed by atoms with Crippen molar-refractivity contribution >= 4 is 19.8 Å². The van der Waals surface area contributed by atoms with Crippen LogP contribution in [-0.4, -0.2) is 60.5 Å². The highest BCUT2D eigenvalue weighted by Crippen LogP contribution is 2.43. The lowest BCUT2D eigenvalue weighted by Gasteiger charge is -2.20. The van der Waals surface area contributed by atoms with E-state index in [0.29, 0.717) is 13.0 Å². The van der Waals surface area contributed by atoms with E-state index in [2.05, 4.69) is 86.8 Å². The van der Waals surface area contributed by atoms with Gasteiger partial charge in [0, 0.05) is 13.0 Å². The Morgan fingerprint density at radius 3 is 1.35 bits per heavy atom. The Hall–Kier alpha value is -2.59. The van der Waals surface area contributed by atoms with Gasteiger partial charge in [-0.25, -0.2) is 4.57 Å². The molecule has 0 fully saturated rings. The van der Waals surface area contributed by atoms with Crippen molar-refractivity contribution in [2.24, 2.45) is 5.73 Å². The zero-order valence-electron chi connectivity index (χ0n) is 41.3. The molecule has 376 valence electrons. The summed E-state index contributed by atoms with van der Waals surface area (Å²) in [6.45, 7) is 3.72. The van der Waals surface area contributed by atoms with Gasteiger partial charge in [-0.2, -0.15) is 0 Å². The van der Waals surface area contributed by atoms with Crippen LogP contribution in [0.3, 0.4) is 0 Å². The van der Waals surface area contributed by atoms with Gasteiger partial charge >= 0.3 is 19.8 Å². The van der Waals surface area contributed by atoms with Gasteiger partial charge in [-0.1, -0.05) is 202 Å². The number of phosphoric acid groups is 1. The Morgan fingerprint density at radius 2 is 0.892 bits per heavy atom. The lowest BCUT2D eigenvalue weighted by atomic mass is 10.0. The second-order valence-corrected chi connectivity index (χ2v) is 18.7. The number of allylic oxidation sites excluding steroid dienone is 12. The zero-order valence-corrected chi connectivity index (χ0v) is 42.2. The summed E-state index contributed by atoms with van der Waals surface area (Å²) in [6.07, 6.45) is 62.5. The molecule has 0 bridgehead atoms. The molecule has 11 heteroatoms. The van der Waals surface area contributed by atoms with Gasteiger partial charge in [0.2, 0.25) is 0 Å². The highest BCUT2D eigenvalue weighted by atomic mass is 31.2. The first-order chi connectivity index (χ1) is 31.7. The summed E-state index contributed by atoms with van der Waals surface area (Å²) < 4.78 is 33.5. The number of esters is 1. The van der Waals surface area contributed by atoms with Gasteiger partial charge in [0.15, 0.2) is 0 Å². The number of carboxylic acid groups (broad SMARTS) is 1. The summed E-state index contributed by atoms with van der Waals surface area (Å²) in [7, 11) is -4.63. The van der Waals surface area contributed by atoms with Crippen LogP contribution in [-0.2, 0) is 32.7 Å². The molecule has 0 aliphatic heterocycles. The zero-order chi connectivity index (χ0) is 47.6. The van der Waals surface area contributed by atoms with E-state index < -0.39 is 45.1 Å². The predicted molar refractivity (Wildman–Crippen MR) is 272 cm³/mol. The second kappa shape index (κ2) is 49.3. The molecule has 10 nitrogen and oxygen atoms in total. The molecule has 0 spiro atoms. The molecule has 0 aromatic heterocycles. The van der Waals surface area contributed by atoms with Crippen molar-refractivity contribution in [3.8, 4) is 0 Å². The van der Waals surface area contributed by atoms with Crippen molar-refractivity contribution in [1.29, 1.82) is 0 Å². The molecule has 0 aromatic rings. The molecule has 0 aliphatic carbocycles. The molecule has 0 aliphatic rings. The standard InChI is InChI=1S/C54H96NO9P/c1-3-5-7-9-11-13-15-17-19-21-23-25-26-27-28-30-32-34-36-38-40-42-44-46-53(56)64-51(49-62-65(59,60)63-50-52(55)54(57)58)48-61-47-45-43-41-39-37-35-33-31-29-24-22-20-18-16-14-12-10-8-6-4-2/h6,8,12,14,18,20-21,23-24,29,33,35,51-52H,3-5,7,9-11,13,15-17,19,22,25-28,30-32,34,36-50,55H2,1-2H3,(H,57,58)(H,59,60)/b8-6-,14-12-,20-18-,23-21-,29-24-,35-33-. The molecule has 0 saturated carbocycles. The van der Waals surface area contributed by atoms with Gasteiger partial charge in [0.05, 0.1) is 19.8 Å². The van der Waals surface area contributed by atoms with Crippen LogP contribution in [0, 0.1) is 0 Å². The van der Waals surface area contributed by atoms with Crippen molar-refractivity contribution in [3.63, 3.8) is 0 Å².